The zero-order valence-electron chi connectivity index (χ0n) is 13.0. The summed E-state index contributed by atoms with van der Waals surface area (Å²) >= 11 is 5.88. The summed E-state index contributed by atoms with van der Waals surface area (Å²) in [5.74, 6) is 0.927. The average molecular weight is 345 g/mol. The highest BCUT2D eigenvalue weighted by atomic mass is 35.5. The predicted molar refractivity (Wildman–Crippen MR) is 89.8 cm³/mol. The Labute approximate surface area is 140 Å². The van der Waals surface area contributed by atoms with Gasteiger partial charge in [0.1, 0.15) is 5.76 Å². The van der Waals surface area contributed by atoms with Crippen molar-refractivity contribution < 1.29 is 4.42 Å². The maximum Gasteiger partial charge on any atom is 0.332 e. The van der Waals surface area contributed by atoms with Crippen molar-refractivity contribution in [1.29, 1.82) is 0 Å². The standard InChI is InChI=1S/C16H13ClN4O3/c1-9-7-20-12-13(18-15(20)24-9)19(2)16(23)21(14(12)22)8-10-3-5-11(17)6-4-10/h3-7H,8H2,1-2H3. The van der Waals surface area contributed by atoms with Crippen LogP contribution in [0.25, 0.3) is 17.0 Å². The quantitative estimate of drug-likeness (QED) is 0.557. The summed E-state index contributed by atoms with van der Waals surface area (Å²) < 4.78 is 9.56. The Morgan fingerprint density at radius 3 is 2.62 bits per heavy atom. The number of benzene rings is 1. The van der Waals surface area contributed by atoms with E-state index >= 15 is 0 Å². The summed E-state index contributed by atoms with van der Waals surface area (Å²) in [6.45, 7) is 1.93. The fourth-order valence-electron chi connectivity index (χ4n) is 2.78. The number of oxazole rings is 1. The first-order valence-corrected chi connectivity index (χ1v) is 7.66. The lowest BCUT2D eigenvalue weighted by molar-refractivity contribution is 0.563. The summed E-state index contributed by atoms with van der Waals surface area (Å²) in [6, 6.07) is 7.02. The SMILES string of the molecule is Cc1cn2c(nc3c2c(=O)n(Cc2ccc(Cl)cc2)c(=O)n3C)o1. The van der Waals surface area contributed by atoms with Gasteiger partial charge in [0.15, 0.2) is 11.2 Å². The van der Waals surface area contributed by atoms with Gasteiger partial charge in [-0.15, -0.1) is 0 Å². The second-order valence-corrected chi connectivity index (χ2v) is 6.07. The van der Waals surface area contributed by atoms with Crippen LogP contribution >= 0.6 is 11.6 Å². The molecular formula is C16H13ClN4O3. The molecule has 1 aromatic carbocycles. The molecule has 3 aromatic heterocycles. The highest BCUT2D eigenvalue weighted by Gasteiger charge is 2.19. The second-order valence-electron chi connectivity index (χ2n) is 5.64. The molecule has 0 bridgehead atoms. The average Bonchev–Trinajstić information content (AvgIpc) is 3.07. The van der Waals surface area contributed by atoms with E-state index in [4.69, 9.17) is 16.0 Å². The molecule has 0 saturated carbocycles. The molecule has 0 spiro atoms. The van der Waals surface area contributed by atoms with E-state index in [0.717, 1.165) is 5.56 Å². The fourth-order valence-corrected chi connectivity index (χ4v) is 2.90. The van der Waals surface area contributed by atoms with Crippen molar-refractivity contribution in [2.45, 2.75) is 13.5 Å². The third-order valence-corrected chi connectivity index (χ3v) is 4.21. The van der Waals surface area contributed by atoms with Gasteiger partial charge in [0.25, 0.3) is 5.56 Å². The van der Waals surface area contributed by atoms with Crippen molar-refractivity contribution in [3.8, 4) is 0 Å². The molecule has 0 radical (unpaired) electrons. The molecule has 0 fully saturated rings. The number of aromatic nitrogens is 4. The van der Waals surface area contributed by atoms with E-state index in [1.54, 1.807) is 48.8 Å². The lowest BCUT2D eigenvalue weighted by Gasteiger charge is -2.08. The van der Waals surface area contributed by atoms with Crippen LogP contribution in [0.3, 0.4) is 0 Å². The molecule has 3 heterocycles. The van der Waals surface area contributed by atoms with E-state index in [0.29, 0.717) is 27.8 Å². The van der Waals surface area contributed by atoms with E-state index in [2.05, 4.69) is 4.98 Å². The minimum absolute atomic E-state index is 0.155. The predicted octanol–water partition coefficient (Wildman–Crippen LogP) is 1.95. The lowest BCUT2D eigenvalue weighted by atomic mass is 10.2. The van der Waals surface area contributed by atoms with Gasteiger partial charge in [0, 0.05) is 12.1 Å². The number of rotatable bonds is 2. The number of halogens is 1. The van der Waals surface area contributed by atoms with Gasteiger partial charge in [-0.05, 0) is 24.6 Å². The van der Waals surface area contributed by atoms with Gasteiger partial charge in [-0.25, -0.2) is 4.79 Å². The van der Waals surface area contributed by atoms with Crippen LogP contribution in [0.4, 0.5) is 0 Å². The number of fused-ring (bicyclic) bond motifs is 3. The maximum atomic E-state index is 12.9. The zero-order valence-corrected chi connectivity index (χ0v) is 13.7. The van der Waals surface area contributed by atoms with Crippen LogP contribution in [0, 0.1) is 6.92 Å². The van der Waals surface area contributed by atoms with E-state index in [1.165, 1.54) is 9.13 Å². The minimum Gasteiger partial charge on any atom is -0.428 e. The molecule has 0 aliphatic rings. The van der Waals surface area contributed by atoms with Gasteiger partial charge < -0.3 is 4.42 Å². The molecule has 122 valence electrons. The summed E-state index contributed by atoms with van der Waals surface area (Å²) in [5.41, 5.74) is 0.590. The van der Waals surface area contributed by atoms with Crippen LogP contribution in [-0.2, 0) is 13.6 Å². The van der Waals surface area contributed by atoms with E-state index in [-0.39, 0.29) is 6.54 Å². The van der Waals surface area contributed by atoms with Crippen LogP contribution in [0.15, 0.2) is 44.5 Å². The first-order valence-electron chi connectivity index (χ1n) is 7.28. The normalized spacial score (nSPS) is 11.6. The van der Waals surface area contributed by atoms with E-state index in [9.17, 15) is 9.59 Å². The summed E-state index contributed by atoms with van der Waals surface area (Å²) in [7, 11) is 1.59. The molecule has 8 heteroatoms. The molecule has 0 N–H and O–H groups in total. The van der Waals surface area contributed by atoms with Crippen molar-refractivity contribution in [3.05, 3.63) is 67.6 Å². The van der Waals surface area contributed by atoms with E-state index < -0.39 is 11.2 Å². The van der Waals surface area contributed by atoms with Crippen molar-refractivity contribution in [1.82, 2.24) is 18.5 Å². The first kappa shape index (κ1) is 14.8. The highest BCUT2D eigenvalue weighted by molar-refractivity contribution is 6.30. The molecule has 0 saturated heterocycles. The monoisotopic (exact) mass is 344 g/mol. The lowest BCUT2D eigenvalue weighted by Crippen LogP contribution is -2.39. The maximum absolute atomic E-state index is 12.9. The van der Waals surface area contributed by atoms with Crippen LogP contribution in [0.5, 0.6) is 0 Å². The first-order chi connectivity index (χ1) is 11.5. The zero-order chi connectivity index (χ0) is 17.0. The fraction of sp³-hybridized carbons (Fsp3) is 0.188. The van der Waals surface area contributed by atoms with Gasteiger partial charge in [-0.1, -0.05) is 23.7 Å². The number of hydrogen-bond acceptors (Lipinski definition) is 4. The van der Waals surface area contributed by atoms with Gasteiger partial charge in [-0.3, -0.25) is 18.3 Å². The van der Waals surface area contributed by atoms with Gasteiger partial charge in [0.2, 0.25) is 0 Å². The molecule has 4 aromatic rings. The third kappa shape index (κ3) is 2.09. The van der Waals surface area contributed by atoms with Gasteiger partial charge in [-0.2, -0.15) is 4.98 Å². The van der Waals surface area contributed by atoms with Crippen LogP contribution in [-0.4, -0.2) is 18.5 Å². The topological polar surface area (TPSA) is 74.4 Å². The Morgan fingerprint density at radius 1 is 1.21 bits per heavy atom. The summed E-state index contributed by atoms with van der Waals surface area (Å²) in [4.78, 5) is 29.7. The number of imidazole rings is 1. The molecule has 0 atom stereocenters. The molecule has 0 unspecified atom stereocenters. The van der Waals surface area contributed by atoms with Crippen LogP contribution < -0.4 is 11.2 Å². The number of aryl methyl sites for hydroxylation is 2. The number of nitrogens with zero attached hydrogens (tertiary/aromatic N) is 4. The Morgan fingerprint density at radius 2 is 1.92 bits per heavy atom. The van der Waals surface area contributed by atoms with Crippen molar-refractivity contribution in [2.75, 3.05) is 0 Å². The van der Waals surface area contributed by atoms with Crippen LogP contribution in [0.1, 0.15) is 11.3 Å². The summed E-state index contributed by atoms with van der Waals surface area (Å²) in [6.07, 6.45) is 1.68. The van der Waals surface area contributed by atoms with Crippen molar-refractivity contribution in [3.63, 3.8) is 0 Å². The Hall–Kier alpha value is -2.80. The number of hydrogen-bond donors (Lipinski definition) is 0. The minimum atomic E-state index is -0.431. The molecular weight excluding hydrogens is 332 g/mol. The van der Waals surface area contributed by atoms with Gasteiger partial charge in [0.05, 0.1) is 12.7 Å². The Bertz CT molecular complexity index is 1190. The van der Waals surface area contributed by atoms with Crippen molar-refractivity contribution in [2.24, 2.45) is 7.05 Å². The van der Waals surface area contributed by atoms with Crippen molar-refractivity contribution >= 4 is 28.6 Å². The smallest absolute Gasteiger partial charge is 0.332 e. The second kappa shape index (κ2) is 5.10. The third-order valence-electron chi connectivity index (χ3n) is 3.96. The Balaban J connectivity index is 2.01. The van der Waals surface area contributed by atoms with E-state index in [1.807, 2.05) is 0 Å². The van der Waals surface area contributed by atoms with Gasteiger partial charge >= 0.3 is 11.5 Å². The molecule has 7 nitrogen and oxygen atoms in total. The van der Waals surface area contributed by atoms with Crippen LogP contribution in [0.2, 0.25) is 5.02 Å². The summed E-state index contributed by atoms with van der Waals surface area (Å²) in [5, 5.41) is 0.598. The molecule has 24 heavy (non-hydrogen) atoms. The molecule has 4 rings (SSSR count). The molecule has 0 amide bonds. The molecule has 0 aliphatic carbocycles. The Kier molecular flexibility index (Phi) is 3.14. The molecule has 0 aliphatic heterocycles. The highest BCUT2D eigenvalue weighted by Crippen LogP contribution is 2.15. The largest absolute Gasteiger partial charge is 0.428 e.